The quantitative estimate of drug-likeness (QED) is 0.826. The maximum atomic E-state index is 11.9. The predicted molar refractivity (Wildman–Crippen MR) is 76.1 cm³/mol. The van der Waals surface area contributed by atoms with Crippen LogP contribution in [0.1, 0.15) is 51.0 Å². The number of rotatable bonds is 6. The third-order valence-electron chi connectivity index (χ3n) is 4.06. The Balaban J connectivity index is 2.32. The van der Waals surface area contributed by atoms with Crippen LogP contribution in [0.4, 0.5) is 0 Å². The first-order valence-electron chi connectivity index (χ1n) is 7.25. The summed E-state index contributed by atoms with van der Waals surface area (Å²) in [7, 11) is 0. The van der Waals surface area contributed by atoms with Crippen molar-refractivity contribution in [2.24, 2.45) is 0 Å². The number of aliphatic carboxylic acids is 1. The van der Waals surface area contributed by atoms with Gasteiger partial charge in [-0.2, -0.15) is 0 Å². The Hall–Kier alpha value is -1.35. The van der Waals surface area contributed by atoms with Gasteiger partial charge in [-0.05, 0) is 24.8 Å². The van der Waals surface area contributed by atoms with E-state index in [1.165, 1.54) is 12.8 Å². The minimum atomic E-state index is -0.926. The maximum Gasteiger partial charge on any atom is 0.328 e. The van der Waals surface area contributed by atoms with E-state index in [0.29, 0.717) is 12.5 Å². The maximum absolute atomic E-state index is 11.9. The summed E-state index contributed by atoms with van der Waals surface area (Å²) in [6.07, 6.45) is 6.06. The molecule has 3 nitrogen and oxygen atoms in total. The Morgan fingerprint density at radius 2 is 1.95 bits per heavy atom. The van der Waals surface area contributed by atoms with Gasteiger partial charge in [0.1, 0.15) is 5.54 Å². The van der Waals surface area contributed by atoms with Crippen molar-refractivity contribution in [2.75, 3.05) is 0 Å². The summed E-state index contributed by atoms with van der Waals surface area (Å²) in [6, 6.07) is 9.94. The molecule has 0 amide bonds. The number of carboxylic acids is 1. The molecule has 0 bridgehead atoms. The second kappa shape index (κ2) is 6.20. The first-order valence-corrected chi connectivity index (χ1v) is 7.25. The van der Waals surface area contributed by atoms with Crippen LogP contribution >= 0.6 is 0 Å². The molecule has 0 radical (unpaired) electrons. The third kappa shape index (κ3) is 2.98. The smallest absolute Gasteiger partial charge is 0.328 e. The van der Waals surface area contributed by atoms with Crippen LogP contribution in [0.25, 0.3) is 0 Å². The number of hydrogen-bond donors (Lipinski definition) is 2. The van der Waals surface area contributed by atoms with E-state index in [2.05, 4.69) is 5.32 Å². The van der Waals surface area contributed by atoms with Gasteiger partial charge in [-0.15, -0.1) is 0 Å². The summed E-state index contributed by atoms with van der Waals surface area (Å²) in [5.74, 6) is -0.757. The molecule has 0 aromatic heterocycles. The van der Waals surface area contributed by atoms with Crippen LogP contribution in [-0.4, -0.2) is 17.1 Å². The Morgan fingerprint density at radius 1 is 1.32 bits per heavy atom. The van der Waals surface area contributed by atoms with Crippen molar-refractivity contribution in [3.63, 3.8) is 0 Å². The summed E-state index contributed by atoms with van der Waals surface area (Å²) < 4.78 is 0. The van der Waals surface area contributed by atoms with E-state index in [0.717, 1.165) is 24.8 Å². The van der Waals surface area contributed by atoms with Crippen molar-refractivity contribution in [1.29, 1.82) is 0 Å². The molecule has 1 atom stereocenters. The molecule has 0 spiro atoms. The van der Waals surface area contributed by atoms with Gasteiger partial charge in [0.25, 0.3) is 0 Å². The van der Waals surface area contributed by atoms with Gasteiger partial charge in [0.2, 0.25) is 0 Å². The van der Waals surface area contributed by atoms with Crippen molar-refractivity contribution >= 4 is 5.97 Å². The van der Waals surface area contributed by atoms with Gasteiger partial charge in [-0.25, -0.2) is 4.79 Å². The highest BCUT2D eigenvalue weighted by atomic mass is 16.4. The fourth-order valence-corrected chi connectivity index (χ4v) is 3.11. The van der Waals surface area contributed by atoms with E-state index in [1.807, 2.05) is 37.3 Å². The van der Waals surface area contributed by atoms with Gasteiger partial charge in [-0.3, -0.25) is 5.32 Å². The minimum absolute atomic E-state index is 0.336. The largest absolute Gasteiger partial charge is 0.480 e. The first-order chi connectivity index (χ1) is 9.19. The summed E-state index contributed by atoms with van der Waals surface area (Å²) in [5, 5.41) is 13.3. The molecule has 1 aliphatic rings. The van der Waals surface area contributed by atoms with Crippen molar-refractivity contribution < 1.29 is 9.90 Å². The molecule has 0 saturated heterocycles. The SMILES string of the molecule is CCCC(NC1CCCC1)(C(=O)O)c1ccccc1. The molecule has 1 fully saturated rings. The van der Waals surface area contributed by atoms with Gasteiger partial charge < -0.3 is 5.11 Å². The Labute approximate surface area is 115 Å². The summed E-state index contributed by atoms with van der Waals surface area (Å²) in [4.78, 5) is 11.9. The first kappa shape index (κ1) is 14.1. The summed E-state index contributed by atoms with van der Waals surface area (Å²) in [6.45, 7) is 2.04. The van der Waals surface area contributed by atoms with Crippen LogP contribution in [0.15, 0.2) is 30.3 Å². The Bertz CT molecular complexity index is 412. The lowest BCUT2D eigenvalue weighted by atomic mass is 9.84. The molecule has 0 heterocycles. The van der Waals surface area contributed by atoms with Crippen molar-refractivity contribution in [3.8, 4) is 0 Å². The lowest BCUT2D eigenvalue weighted by molar-refractivity contribution is -0.146. The molecule has 1 aromatic carbocycles. The number of nitrogens with one attached hydrogen (secondary N) is 1. The minimum Gasteiger partial charge on any atom is -0.480 e. The van der Waals surface area contributed by atoms with E-state index in [1.54, 1.807) is 0 Å². The molecule has 1 aliphatic carbocycles. The van der Waals surface area contributed by atoms with Crippen LogP contribution in [0.3, 0.4) is 0 Å². The second-order valence-electron chi connectivity index (χ2n) is 5.45. The molecule has 1 aromatic rings. The molecule has 3 heteroatoms. The van der Waals surface area contributed by atoms with Crippen LogP contribution in [0, 0.1) is 0 Å². The molecule has 2 rings (SSSR count). The highest BCUT2D eigenvalue weighted by molar-refractivity contribution is 5.80. The van der Waals surface area contributed by atoms with E-state index >= 15 is 0 Å². The van der Waals surface area contributed by atoms with Crippen molar-refractivity contribution in [3.05, 3.63) is 35.9 Å². The monoisotopic (exact) mass is 261 g/mol. The molecular weight excluding hydrogens is 238 g/mol. The normalized spacial score (nSPS) is 19.2. The molecule has 2 N–H and O–H groups in total. The average molecular weight is 261 g/mol. The topological polar surface area (TPSA) is 49.3 Å². The van der Waals surface area contributed by atoms with E-state index in [4.69, 9.17) is 0 Å². The van der Waals surface area contributed by atoms with E-state index in [9.17, 15) is 9.90 Å². The Morgan fingerprint density at radius 3 is 2.47 bits per heavy atom. The van der Waals surface area contributed by atoms with Crippen molar-refractivity contribution in [2.45, 2.75) is 57.0 Å². The van der Waals surface area contributed by atoms with Crippen LogP contribution < -0.4 is 5.32 Å². The van der Waals surface area contributed by atoms with Crippen LogP contribution in [-0.2, 0) is 10.3 Å². The molecule has 19 heavy (non-hydrogen) atoms. The zero-order chi connectivity index (χ0) is 13.7. The summed E-state index contributed by atoms with van der Waals surface area (Å²) in [5.41, 5.74) is -0.0541. The molecular formula is C16H23NO2. The predicted octanol–water partition coefficient (Wildman–Crippen LogP) is 3.30. The average Bonchev–Trinajstić information content (AvgIpc) is 2.91. The molecule has 1 unspecified atom stereocenters. The highest BCUT2D eigenvalue weighted by Crippen LogP contribution is 2.31. The van der Waals surface area contributed by atoms with Gasteiger partial charge in [0, 0.05) is 6.04 Å². The van der Waals surface area contributed by atoms with Gasteiger partial charge in [0.05, 0.1) is 0 Å². The molecule has 1 saturated carbocycles. The zero-order valence-corrected chi connectivity index (χ0v) is 11.6. The highest BCUT2D eigenvalue weighted by Gasteiger charge is 2.41. The van der Waals surface area contributed by atoms with Gasteiger partial charge >= 0.3 is 5.97 Å². The van der Waals surface area contributed by atoms with Crippen LogP contribution in [0.5, 0.6) is 0 Å². The number of hydrogen-bond acceptors (Lipinski definition) is 2. The molecule has 104 valence electrons. The fourth-order valence-electron chi connectivity index (χ4n) is 3.11. The fraction of sp³-hybridized carbons (Fsp3) is 0.562. The summed E-state index contributed by atoms with van der Waals surface area (Å²) >= 11 is 0. The second-order valence-corrected chi connectivity index (χ2v) is 5.45. The van der Waals surface area contributed by atoms with E-state index in [-0.39, 0.29) is 0 Å². The van der Waals surface area contributed by atoms with Gasteiger partial charge in [0.15, 0.2) is 0 Å². The van der Waals surface area contributed by atoms with Gasteiger partial charge in [-0.1, -0.05) is 56.5 Å². The number of carbonyl (C=O) groups is 1. The number of carboxylic acid groups (broad SMARTS) is 1. The molecule has 0 aliphatic heterocycles. The number of benzene rings is 1. The third-order valence-corrected chi connectivity index (χ3v) is 4.06. The van der Waals surface area contributed by atoms with Crippen LogP contribution in [0.2, 0.25) is 0 Å². The van der Waals surface area contributed by atoms with Crippen molar-refractivity contribution in [1.82, 2.24) is 5.32 Å². The standard InChI is InChI=1S/C16H23NO2/c1-2-12-16(15(18)19,13-8-4-3-5-9-13)17-14-10-6-7-11-14/h3-5,8-9,14,17H,2,6-7,10-12H2,1H3,(H,18,19). The van der Waals surface area contributed by atoms with E-state index < -0.39 is 11.5 Å². The lowest BCUT2D eigenvalue weighted by Gasteiger charge is -2.34. The zero-order valence-electron chi connectivity index (χ0n) is 11.6. The Kier molecular flexibility index (Phi) is 4.59. The lowest BCUT2D eigenvalue weighted by Crippen LogP contribution is -2.52.